The van der Waals surface area contributed by atoms with E-state index in [1.165, 1.54) is 13.1 Å². The Morgan fingerprint density at radius 3 is 2.43 bits per heavy atom. The first kappa shape index (κ1) is 28.4. The van der Waals surface area contributed by atoms with Gasteiger partial charge in [-0.1, -0.05) is 35.3 Å². The number of hydrogen-bond donors (Lipinski definition) is 3. The van der Waals surface area contributed by atoms with Crippen LogP contribution >= 0.6 is 23.2 Å². The van der Waals surface area contributed by atoms with E-state index in [9.17, 15) is 22.8 Å². The number of halogens is 5. The van der Waals surface area contributed by atoms with E-state index in [1.54, 1.807) is 24.3 Å². The summed E-state index contributed by atoms with van der Waals surface area (Å²) in [5.41, 5.74) is 5.21. The Morgan fingerprint density at radius 2 is 1.81 bits per heavy atom. The highest BCUT2D eigenvalue weighted by molar-refractivity contribution is 6.32. The summed E-state index contributed by atoms with van der Waals surface area (Å²) in [7, 11) is 1.35. The molecule has 4 N–H and O–H groups in total. The first-order valence-electron chi connectivity index (χ1n) is 10.8. The quantitative estimate of drug-likeness (QED) is 0.323. The molecule has 200 valence electrons. The van der Waals surface area contributed by atoms with Crippen molar-refractivity contribution >= 4 is 29.0 Å². The predicted octanol–water partition coefficient (Wildman–Crippen LogP) is 3.58. The predicted molar refractivity (Wildman–Crippen MR) is 132 cm³/mol. The van der Waals surface area contributed by atoms with Gasteiger partial charge in [0.05, 0.1) is 5.02 Å². The molecular weight excluding hydrogens is 540 g/mol. The van der Waals surface area contributed by atoms with Crippen LogP contribution in [0, 0.1) is 0 Å². The Balaban J connectivity index is 2.07. The van der Waals surface area contributed by atoms with Crippen molar-refractivity contribution in [2.24, 2.45) is 7.05 Å². The van der Waals surface area contributed by atoms with Crippen LogP contribution in [0.4, 0.5) is 19.0 Å². The molecule has 0 fully saturated rings. The first-order valence-corrected chi connectivity index (χ1v) is 11.6. The van der Waals surface area contributed by atoms with Crippen LogP contribution in [0.3, 0.4) is 0 Å². The van der Waals surface area contributed by atoms with Crippen LogP contribution in [0.1, 0.15) is 23.8 Å². The van der Waals surface area contributed by atoms with Gasteiger partial charge in [0.15, 0.2) is 12.0 Å². The fraction of sp³-hybridized carbons (Fsp3) is 0.304. The minimum Gasteiger partial charge on any atom is -0.471 e. The van der Waals surface area contributed by atoms with Gasteiger partial charge >= 0.3 is 12.1 Å². The number of alkyl halides is 3. The molecule has 0 aliphatic rings. The molecule has 37 heavy (non-hydrogen) atoms. The van der Waals surface area contributed by atoms with Crippen LogP contribution in [0.2, 0.25) is 10.0 Å². The third-order valence-corrected chi connectivity index (χ3v) is 5.78. The van der Waals surface area contributed by atoms with Crippen molar-refractivity contribution in [1.29, 1.82) is 0 Å². The van der Waals surface area contributed by atoms with E-state index in [4.69, 9.17) is 38.8 Å². The number of nitrogens with two attached hydrogens (primary N) is 1. The molecule has 0 aliphatic heterocycles. The number of aromatic nitrogens is 2. The van der Waals surface area contributed by atoms with E-state index < -0.39 is 29.6 Å². The van der Waals surface area contributed by atoms with E-state index in [1.807, 2.05) is 0 Å². The Morgan fingerprint density at radius 1 is 1.14 bits per heavy atom. The number of aliphatic hydroxyl groups excluding tert-OH is 1. The minimum absolute atomic E-state index is 0.0935. The molecule has 0 radical (unpaired) electrons. The van der Waals surface area contributed by atoms with Crippen LogP contribution < -0.4 is 31.8 Å². The largest absolute Gasteiger partial charge is 0.573 e. The number of anilines is 1. The van der Waals surface area contributed by atoms with Gasteiger partial charge in [-0.05, 0) is 36.2 Å². The van der Waals surface area contributed by atoms with Crippen molar-refractivity contribution < 1.29 is 27.8 Å². The van der Waals surface area contributed by atoms with Crippen LogP contribution in [0.15, 0.2) is 52.1 Å². The smallest absolute Gasteiger partial charge is 0.471 e. The fourth-order valence-corrected chi connectivity index (χ4v) is 3.67. The molecule has 1 atom stereocenters. The number of nitrogens with zero attached hydrogens (tertiary/aromatic N) is 2. The van der Waals surface area contributed by atoms with Gasteiger partial charge in [-0.2, -0.15) is 0 Å². The van der Waals surface area contributed by atoms with Gasteiger partial charge in [0.25, 0.3) is 5.56 Å². The second-order valence-corrected chi connectivity index (χ2v) is 8.66. The third kappa shape index (κ3) is 7.19. The van der Waals surface area contributed by atoms with Crippen molar-refractivity contribution in [3.63, 3.8) is 0 Å². The molecule has 9 nitrogen and oxygen atoms in total. The van der Waals surface area contributed by atoms with E-state index >= 15 is 0 Å². The average Bonchev–Trinajstić information content (AvgIpc) is 2.83. The molecule has 0 aliphatic carbocycles. The van der Waals surface area contributed by atoms with Crippen LogP contribution in [-0.4, -0.2) is 27.2 Å². The highest BCUT2D eigenvalue weighted by Crippen LogP contribution is 2.34. The van der Waals surface area contributed by atoms with Crippen molar-refractivity contribution in [3.8, 4) is 11.5 Å². The Kier molecular flexibility index (Phi) is 9.13. The van der Waals surface area contributed by atoms with Crippen molar-refractivity contribution in [2.45, 2.75) is 32.1 Å². The van der Waals surface area contributed by atoms with Gasteiger partial charge in [-0.25, -0.2) is 4.79 Å². The van der Waals surface area contributed by atoms with Gasteiger partial charge in [0.2, 0.25) is 0 Å². The maximum Gasteiger partial charge on any atom is 0.573 e. The lowest BCUT2D eigenvalue weighted by molar-refractivity contribution is -0.274. The van der Waals surface area contributed by atoms with Crippen LogP contribution in [0.5, 0.6) is 11.5 Å². The van der Waals surface area contributed by atoms with Crippen molar-refractivity contribution in [2.75, 3.05) is 12.3 Å². The monoisotopic (exact) mass is 562 g/mol. The second-order valence-electron chi connectivity index (χ2n) is 7.82. The molecule has 0 amide bonds. The topological polar surface area (TPSA) is 121 Å². The summed E-state index contributed by atoms with van der Waals surface area (Å²) in [5, 5.41) is 12.3. The number of benzene rings is 2. The maximum absolute atomic E-state index is 13.3. The van der Waals surface area contributed by atoms with Gasteiger partial charge in [-0.3, -0.25) is 19.2 Å². The summed E-state index contributed by atoms with van der Waals surface area (Å²) in [6.45, 7) is -0.236. The zero-order valence-corrected chi connectivity index (χ0v) is 20.9. The molecule has 0 bridgehead atoms. The lowest BCUT2D eigenvalue weighted by atomic mass is 10.2. The average molecular weight is 563 g/mol. The second kappa shape index (κ2) is 11.9. The SMILES string of the molecule is Cn1c(N)c([C@H](NCc2ccc(Cl)cc2)Oc2ccc(Cl)c(OC(F)(F)F)c2)c(=O)n(CCCO)c1=O. The lowest BCUT2D eigenvalue weighted by Gasteiger charge is -2.24. The van der Waals surface area contributed by atoms with Crippen LogP contribution in [0.25, 0.3) is 0 Å². The highest BCUT2D eigenvalue weighted by atomic mass is 35.5. The zero-order valence-electron chi connectivity index (χ0n) is 19.4. The maximum atomic E-state index is 13.3. The summed E-state index contributed by atoms with van der Waals surface area (Å²) in [6, 6.07) is 10.1. The van der Waals surface area contributed by atoms with Crippen LogP contribution in [-0.2, 0) is 20.1 Å². The summed E-state index contributed by atoms with van der Waals surface area (Å²) in [6.07, 6.45) is -6.20. The number of ether oxygens (including phenoxy) is 2. The lowest BCUT2D eigenvalue weighted by Crippen LogP contribution is -2.45. The van der Waals surface area contributed by atoms with E-state index in [2.05, 4.69) is 10.1 Å². The van der Waals surface area contributed by atoms with Gasteiger partial charge in [0, 0.05) is 37.8 Å². The molecule has 0 spiro atoms. The van der Waals surface area contributed by atoms with Gasteiger partial charge < -0.3 is 20.3 Å². The summed E-state index contributed by atoms with van der Waals surface area (Å²) < 4.78 is 50.1. The number of rotatable bonds is 10. The van der Waals surface area contributed by atoms with Gasteiger partial charge in [0.1, 0.15) is 17.1 Å². The van der Waals surface area contributed by atoms with E-state index in [-0.39, 0.29) is 48.3 Å². The van der Waals surface area contributed by atoms with Crippen molar-refractivity contribution in [1.82, 2.24) is 14.5 Å². The Hall–Kier alpha value is -3.19. The van der Waals surface area contributed by atoms with Crippen molar-refractivity contribution in [3.05, 3.63) is 84.5 Å². The molecule has 1 aromatic heterocycles. The fourth-order valence-electron chi connectivity index (χ4n) is 3.39. The van der Waals surface area contributed by atoms with E-state index in [0.717, 1.165) is 26.8 Å². The van der Waals surface area contributed by atoms with Gasteiger partial charge in [-0.15, -0.1) is 13.2 Å². The van der Waals surface area contributed by atoms with E-state index in [0.29, 0.717) is 5.02 Å². The standard InChI is InChI=1S/C23H23Cl2F3N4O5/c1-31-19(29)18(21(34)32(22(31)35)9-2-10-33)20(30-12-13-3-5-14(24)6-4-13)36-15-7-8-16(25)17(11-15)37-23(26,27)28/h3-8,11,20,30,33H,2,9-10,12,29H2,1H3/t20-/m1/s1. The molecule has 3 rings (SSSR count). The molecule has 14 heteroatoms. The molecule has 0 saturated carbocycles. The highest BCUT2D eigenvalue weighted by Gasteiger charge is 2.32. The summed E-state index contributed by atoms with van der Waals surface area (Å²) in [5.74, 6) is -1.06. The number of nitrogens with one attached hydrogen (secondary N) is 1. The molecule has 0 unspecified atom stereocenters. The normalized spacial score (nSPS) is 12.4. The summed E-state index contributed by atoms with van der Waals surface area (Å²) >= 11 is 11.8. The molecule has 3 aromatic rings. The number of aliphatic hydroxyl groups is 1. The zero-order chi connectivity index (χ0) is 27.3. The molecular formula is C23H23Cl2F3N4O5. The third-order valence-electron chi connectivity index (χ3n) is 5.22. The first-order chi connectivity index (χ1) is 17.4. The Labute approximate surface area is 218 Å². The summed E-state index contributed by atoms with van der Waals surface area (Å²) in [4.78, 5) is 25.9. The minimum atomic E-state index is -5.00. The Bertz CT molecular complexity index is 1360. The molecule has 0 saturated heterocycles. The molecule has 1 heterocycles. The molecule has 2 aromatic carbocycles. The number of hydrogen-bond acceptors (Lipinski definition) is 7. The number of nitrogen functional groups attached to an aromatic ring is 1.